The Labute approximate surface area is 122 Å². The van der Waals surface area contributed by atoms with Crippen LogP contribution >= 0.6 is 0 Å². The molecule has 20 heavy (non-hydrogen) atoms. The summed E-state index contributed by atoms with van der Waals surface area (Å²) >= 11 is 0. The zero-order valence-corrected chi connectivity index (χ0v) is 13.4. The number of rotatable bonds is 6. The molecule has 1 fully saturated rings. The van der Waals surface area contributed by atoms with Crippen LogP contribution in [0.3, 0.4) is 0 Å². The zero-order chi connectivity index (χ0) is 14.5. The Hall–Kier alpha value is -1.03. The van der Waals surface area contributed by atoms with Crippen molar-refractivity contribution in [1.29, 1.82) is 0 Å². The van der Waals surface area contributed by atoms with Crippen LogP contribution < -0.4 is 10.1 Å². The summed E-state index contributed by atoms with van der Waals surface area (Å²) in [5.41, 5.74) is 1.23. The van der Waals surface area contributed by atoms with Crippen LogP contribution in [0.1, 0.15) is 58.2 Å². The predicted octanol–water partition coefficient (Wildman–Crippen LogP) is 3.39. The Morgan fingerprint density at radius 1 is 1.35 bits per heavy atom. The molecule has 0 aromatic carbocycles. The van der Waals surface area contributed by atoms with Crippen molar-refractivity contribution in [2.45, 2.75) is 59.0 Å². The number of ether oxygens (including phenoxy) is 1. The van der Waals surface area contributed by atoms with E-state index in [-0.39, 0.29) is 0 Å². The molecular formula is C16H29N3O. The van der Waals surface area contributed by atoms with Gasteiger partial charge in [-0.15, -0.1) is 0 Å². The Kier molecular flexibility index (Phi) is 5.46. The topological polar surface area (TPSA) is 39.1 Å². The first-order valence-corrected chi connectivity index (χ1v) is 8.04. The lowest BCUT2D eigenvalue weighted by Crippen LogP contribution is -2.32. The molecule has 1 aliphatic carbocycles. The van der Waals surface area contributed by atoms with Gasteiger partial charge in [-0.05, 0) is 38.1 Å². The number of aryl methyl sites for hydroxylation is 1. The predicted molar refractivity (Wildman–Crippen MR) is 82.0 cm³/mol. The van der Waals surface area contributed by atoms with Crippen LogP contribution in [0.4, 0.5) is 0 Å². The summed E-state index contributed by atoms with van der Waals surface area (Å²) in [6.45, 7) is 8.56. The van der Waals surface area contributed by atoms with Crippen molar-refractivity contribution in [2.75, 3.05) is 13.7 Å². The monoisotopic (exact) mass is 279 g/mol. The van der Waals surface area contributed by atoms with Gasteiger partial charge in [-0.3, -0.25) is 4.68 Å². The molecular weight excluding hydrogens is 250 g/mol. The van der Waals surface area contributed by atoms with Crippen molar-refractivity contribution in [2.24, 2.45) is 11.8 Å². The highest BCUT2D eigenvalue weighted by atomic mass is 16.5. The van der Waals surface area contributed by atoms with Crippen LogP contribution in [-0.4, -0.2) is 23.4 Å². The minimum absolute atomic E-state index is 0.366. The second-order valence-corrected chi connectivity index (χ2v) is 5.97. The number of hydrogen-bond acceptors (Lipinski definition) is 3. The van der Waals surface area contributed by atoms with E-state index in [4.69, 9.17) is 4.74 Å². The molecule has 0 aliphatic heterocycles. The quantitative estimate of drug-likeness (QED) is 0.867. The third kappa shape index (κ3) is 3.17. The maximum atomic E-state index is 5.54. The lowest BCUT2D eigenvalue weighted by molar-refractivity contribution is 0.222. The van der Waals surface area contributed by atoms with Gasteiger partial charge in [0.15, 0.2) is 5.75 Å². The van der Waals surface area contributed by atoms with Crippen LogP contribution in [0, 0.1) is 11.8 Å². The van der Waals surface area contributed by atoms with E-state index < -0.39 is 0 Å². The van der Waals surface area contributed by atoms with Crippen LogP contribution in [0.25, 0.3) is 0 Å². The zero-order valence-electron chi connectivity index (χ0n) is 13.4. The van der Waals surface area contributed by atoms with Crippen LogP contribution in [-0.2, 0) is 6.54 Å². The average Bonchev–Trinajstić information content (AvgIpc) is 2.88. The van der Waals surface area contributed by atoms with Gasteiger partial charge in [0.2, 0.25) is 0 Å². The fraction of sp³-hybridized carbons (Fsp3) is 0.812. The van der Waals surface area contributed by atoms with Gasteiger partial charge in [0.05, 0.1) is 25.0 Å². The minimum Gasteiger partial charge on any atom is -0.493 e. The van der Waals surface area contributed by atoms with Crippen molar-refractivity contribution < 1.29 is 4.74 Å². The highest BCUT2D eigenvalue weighted by Gasteiger charge is 2.31. The Morgan fingerprint density at radius 3 is 2.60 bits per heavy atom. The second kappa shape index (κ2) is 7.11. The molecule has 1 aromatic rings. The molecule has 1 unspecified atom stereocenters. The maximum Gasteiger partial charge on any atom is 0.161 e. The first kappa shape index (κ1) is 15.4. The summed E-state index contributed by atoms with van der Waals surface area (Å²) in [6.07, 6.45) is 7.15. The van der Waals surface area contributed by atoms with Crippen molar-refractivity contribution in [1.82, 2.24) is 15.1 Å². The van der Waals surface area contributed by atoms with Gasteiger partial charge in [0.25, 0.3) is 0 Å². The summed E-state index contributed by atoms with van der Waals surface area (Å²) in [7, 11) is 1.74. The highest BCUT2D eigenvalue weighted by Crippen LogP contribution is 2.39. The lowest BCUT2D eigenvalue weighted by Gasteiger charge is -2.33. The molecule has 1 atom stereocenters. The van der Waals surface area contributed by atoms with E-state index >= 15 is 0 Å². The van der Waals surface area contributed by atoms with E-state index in [0.717, 1.165) is 24.8 Å². The van der Waals surface area contributed by atoms with E-state index in [9.17, 15) is 0 Å². The van der Waals surface area contributed by atoms with Crippen molar-refractivity contribution in [3.05, 3.63) is 11.9 Å². The van der Waals surface area contributed by atoms with E-state index in [1.807, 2.05) is 6.20 Å². The van der Waals surface area contributed by atoms with E-state index in [2.05, 4.69) is 35.9 Å². The molecule has 0 amide bonds. The molecule has 1 heterocycles. The summed E-state index contributed by atoms with van der Waals surface area (Å²) in [6, 6.07) is 0.366. The normalized spacial score (nSPS) is 24.6. The molecule has 0 saturated heterocycles. The number of aromatic nitrogens is 2. The third-order valence-electron chi connectivity index (χ3n) is 4.61. The molecule has 4 heteroatoms. The number of nitrogens with zero attached hydrogens (tertiary/aromatic N) is 2. The van der Waals surface area contributed by atoms with Gasteiger partial charge in [-0.2, -0.15) is 5.10 Å². The van der Waals surface area contributed by atoms with Crippen LogP contribution in [0.2, 0.25) is 0 Å². The number of nitrogens with one attached hydrogen (secondary N) is 1. The van der Waals surface area contributed by atoms with E-state index in [1.165, 1.54) is 31.4 Å². The molecule has 2 rings (SSSR count). The van der Waals surface area contributed by atoms with Crippen LogP contribution in [0.15, 0.2) is 6.20 Å². The molecule has 1 aliphatic rings. The van der Waals surface area contributed by atoms with Crippen molar-refractivity contribution in [3.63, 3.8) is 0 Å². The molecule has 0 bridgehead atoms. The van der Waals surface area contributed by atoms with Crippen LogP contribution in [0.5, 0.6) is 5.75 Å². The van der Waals surface area contributed by atoms with Gasteiger partial charge in [0.1, 0.15) is 0 Å². The molecule has 1 N–H and O–H groups in total. The fourth-order valence-electron chi connectivity index (χ4n) is 3.43. The maximum absolute atomic E-state index is 5.54. The van der Waals surface area contributed by atoms with Crippen molar-refractivity contribution >= 4 is 0 Å². The Bertz CT molecular complexity index is 386. The molecule has 0 radical (unpaired) electrons. The van der Waals surface area contributed by atoms with Crippen molar-refractivity contribution in [3.8, 4) is 5.75 Å². The number of hydrogen-bond donors (Lipinski definition) is 1. The second-order valence-electron chi connectivity index (χ2n) is 5.97. The minimum atomic E-state index is 0.366. The molecule has 0 spiro atoms. The van der Waals surface area contributed by atoms with Gasteiger partial charge in [-0.1, -0.05) is 26.7 Å². The largest absolute Gasteiger partial charge is 0.493 e. The SMILES string of the molecule is CCNC(c1c(OC)cnn1CC)C1CCC(C)CC1. The molecule has 1 saturated carbocycles. The Balaban J connectivity index is 2.25. The van der Waals surface area contributed by atoms with E-state index in [1.54, 1.807) is 7.11 Å². The van der Waals surface area contributed by atoms with Gasteiger partial charge in [0, 0.05) is 6.54 Å². The summed E-state index contributed by atoms with van der Waals surface area (Å²) < 4.78 is 7.63. The smallest absolute Gasteiger partial charge is 0.161 e. The Morgan fingerprint density at radius 2 is 2.05 bits per heavy atom. The molecule has 1 aromatic heterocycles. The molecule has 4 nitrogen and oxygen atoms in total. The standard InChI is InChI=1S/C16H29N3O/c1-5-17-15(13-9-7-12(3)8-10-13)16-14(20-4)11-18-19(16)6-2/h11-13,15,17H,5-10H2,1-4H3. The molecule has 114 valence electrons. The summed E-state index contributed by atoms with van der Waals surface area (Å²) in [4.78, 5) is 0. The fourth-order valence-corrected chi connectivity index (χ4v) is 3.43. The van der Waals surface area contributed by atoms with Gasteiger partial charge < -0.3 is 10.1 Å². The third-order valence-corrected chi connectivity index (χ3v) is 4.61. The lowest BCUT2D eigenvalue weighted by atomic mass is 9.78. The number of methoxy groups -OCH3 is 1. The first-order chi connectivity index (χ1) is 9.71. The van der Waals surface area contributed by atoms with E-state index in [0.29, 0.717) is 12.0 Å². The van der Waals surface area contributed by atoms with Gasteiger partial charge >= 0.3 is 0 Å². The summed E-state index contributed by atoms with van der Waals surface area (Å²) in [5.74, 6) is 2.50. The first-order valence-electron chi connectivity index (χ1n) is 8.04. The average molecular weight is 279 g/mol. The highest BCUT2D eigenvalue weighted by molar-refractivity contribution is 5.29. The van der Waals surface area contributed by atoms with Gasteiger partial charge in [-0.25, -0.2) is 0 Å². The summed E-state index contributed by atoms with van der Waals surface area (Å²) in [5, 5.41) is 8.15.